The molecule has 0 aromatic rings. The fourth-order valence-electron chi connectivity index (χ4n) is 0.749. The van der Waals surface area contributed by atoms with Crippen molar-refractivity contribution in [1.82, 2.24) is 0 Å². The van der Waals surface area contributed by atoms with Gasteiger partial charge >= 0.3 is 0 Å². The first-order valence-electron chi connectivity index (χ1n) is 3.78. The molecule has 0 bridgehead atoms. The molecule has 0 saturated carbocycles. The van der Waals surface area contributed by atoms with Crippen LogP contribution < -0.4 is 0 Å². The van der Waals surface area contributed by atoms with Crippen LogP contribution in [0.2, 0.25) is 0 Å². The molecule has 2 atom stereocenters. The summed E-state index contributed by atoms with van der Waals surface area (Å²) in [5.74, 6) is 0. The van der Waals surface area contributed by atoms with Crippen molar-refractivity contribution in [3.63, 3.8) is 0 Å². The smallest absolute Gasteiger partial charge is 0.0805 e. The normalized spacial score (nSPS) is 23.4. The summed E-state index contributed by atoms with van der Waals surface area (Å²) in [6.07, 6.45) is 1.48. The zero-order valence-corrected chi connectivity index (χ0v) is 8.00. The Bertz CT molecular complexity index is 93.8. The molecule has 0 fully saturated rings. The average Bonchev–Trinajstić information content (AvgIpc) is 1.88. The van der Waals surface area contributed by atoms with Crippen LogP contribution in [0.1, 0.15) is 40.5 Å². The second kappa shape index (κ2) is 3.10. The number of aliphatic hydroxyl groups is 1. The summed E-state index contributed by atoms with van der Waals surface area (Å²) in [4.78, 5) is -0.484. The fraction of sp³-hybridized carbons (Fsp3) is 1.00. The highest BCUT2D eigenvalue weighted by molar-refractivity contribution is 6.24. The van der Waals surface area contributed by atoms with E-state index >= 15 is 0 Å². The third-order valence-corrected chi connectivity index (χ3v) is 3.15. The minimum Gasteiger partial charge on any atom is -0.388 e. The van der Waals surface area contributed by atoms with Crippen molar-refractivity contribution in [2.75, 3.05) is 0 Å². The topological polar surface area (TPSA) is 20.2 Å². The molecule has 2 unspecified atom stereocenters. The molecule has 1 N–H and O–H groups in total. The molecule has 0 spiro atoms. The molecular formula is C8H17ClO. The van der Waals surface area contributed by atoms with Gasteiger partial charge in [0.15, 0.2) is 0 Å². The van der Waals surface area contributed by atoms with E-state index in [1.54, 1.807) is 6.92 Å². The summed E-state index contributed by atoms with van der Waals surface area (Å²) in [6, 6.07) is 0. The summed E-state index contributed by atoms with van der Waals surface area (Å²) < 4.78 is 0. The molecule has 0 aromatic heterocycles. The van der Waals surface area contributed by atoms with E-state index in [0.29, 0.717) is 6.42 Å². The Hall–Kier alpha value is 0.250. The van der Waals surface area contributed by atoms with Crippen molar-refractivity contribution in [2.24, 2.45) is 0 Å². The standard InChI is InChI=1S/C8H17ClO/c1-5-7(3,9)8(4,10)6-2/h10H,5-6H2,1-4H3. The van der Waals surface area contributed by atoms with Gasteiger partial charge in [-0.05, 0) is 26.7 Å². The minimum atomic E-state index is -0.747. The molecule has 62 valence electrons. The SMILES string of the molecule is CCC(C)(O)C(C)(Cl)CC. The van der Waals surface area contributed by atoms with Gasteiger partial charge in [-0.25, -0.2) is 0 Å². The van der Waals surface area contributed by atoms with Crippen LogP contribution in [-0.4, -0.2) is 15.6 Å². The summed E-state index contributed by atoms with van der Waals surface area (Å²) in [7, 11) is 0. The van der Waals surface area contributed by atoms with E-state index in [-0.39, 0.29) is 0 Å². The first-order valence-corrected chi connectivity index (χ1v) is 4.16. The molecular weight excluding hydrogens is 148 g/mol. The molecule has 0 saturated heterocycles. The van der Waals surface area contributed by atoms with Gasteiger partial charge < -0.3 is 5.11 Å². The highest BCUT2D eigenvalue weighted by Crippen LogP contribution is 2.34. The number of rotatable bonds is 3. The van der Waals surface area contributed by atoms with Crippen molar-refractivity contribution in [1.29, 1.82) is 0 Å². The molecule has 0 heterocycles. The van der Waals surface area contributed by atoms with Crippen LogP contribution in [0.5, 0.6) is 0 Å². The van der Waals surface area contributed by atoms with E-state index in [9.17, 15) is 5.11 Å². The maximum Gasteiger partial charge on any atom is 0.0805 e. The van der Waals surface area contributed by atoms with E-state index in [1.807, 2.05) is 20.8 Å². The van der Waals surface area contributed by atoms with Crippen molar-refractivity contribution in [3.05, 3.63) is 0 Å². The number of halogens is 1. The lowest BCUT2D eigenvalue weighted by Gasteiger charge is -2.36. The third kappa shape index (κ3) is 1.86. The zero-order chi connectivity index (χ0) is 8.41. The van der Waals surface area contributed by atoms with Crippen LogP contribution in [0.15, 0.2) is 0 Å². The monoisotopic (exact) mass is 164 g/mol. The van der Waals surface area contributed by atoms with E-state index in [1.165, 1.54) is 0 Å². The van der Waals surface area contributed by atoms with Gasteiger partial charge in [0.2, 0.25) is 0 Å². The summed E-state index contributed by atoms with van der Waals surface area (Å²) in [5, 5.41) is 9.72. The summed E-state index contributed by atoms with van der Waals surface area (Å²) in [5.41, 5.74) is -0.747. The largest absolute Gasteiger partial charge is 0.388 e. The maximum atomic E-state index is 9.72. The van der Waals surface area contributed by atoms with Gasteiger partial charge in [0.25, 0.3) is 0 Å². The van der Waals surface area contributed by atoms with Gasteiger partial charge in [-0.2, -0.15) is 0 Å². The molecule has 1 nitrogen and oxygen atoms in total. The Kier molecular flexibility index (Phi) is 3.18. The lowest BCUT2D eigenvalue weighted by atomic mass is 9.86. The molecule has 0 rings (SSSR count). The van der Waals surface area contributed by atoms with Crippen LogP contribution in [-0.2, 0) is 0 Å². The number of hydrogen-bond donors (Lipinski definition) is 1. The van der Waals surface area contributed by atoms with E-state index in [2.05, 4.69) is 0 Å². The molecule has 0 aliphatic heterocycles. The van der Waals surface area contributed by atoms with Gasteiger partial charge in [-0.15, -0.1) is 11.6 Å². The Morgan fingerprint density at radius 3 is 1.70 bits per heavy atom. The molecule has 10 heavy (non-hydrogen) atoms. The predicted molar refractivity (Wildman–Crippen MR) is 45.5 cm³/mol. The van der Waals surface area contributed by atoms with Crippen LogP contribution in [0, 0.1) is 0 Å². The lowest BCUT2D eigenvalue weighted by Crippen LogP contribution is -2.44. The zero-order valence-electron chi connectivity index (χ0n) is 7.24. The van der Waals surface area contributed by atoms with E-state index < -0.39 is 10.5 Å². The van der Waals surface area contributed by atoms with Crippen LogP contribution in [0.25, 0.3) is 0 Å². The average molecular weight is 165 g/mol. The Labute approximate surface area is 68.4 Å². The molecule has 0 amide bonds. The molecule has 2 heteroatoms. The Balaban J connectivity index is 4.28. The molecule has 0 aliphatic rings. The highest BCUT2D eigenvalue weighted by Gasteiger charge is 2.38. The van der Waals surface area contributed by atoms with Crippen LogP contribution >= 0.6 is 11.6 Å². The maximum absolute atomic E-state index is 9.72. The minimum absolute atomic E-state index is 0.484. The first-order chi connectivity index (χ1) is 4.37. The van der Waals surface area contributed by atoms with Crippen molar-refractivity contribution in [2.45, 2.75) is 51.0 Å². The summed E-state index contributed by atoms with van der Waals surface area (Å²) in [6.45, 7) is 7.58. The fourth-order valence-corrected chi connectivity index (χ4v) is 0.883. The highest BCUT2D eigenvalue weighted by atomic mass is 35.5. The molecule has 0 aliphatic carbocycles. The van der Waals surface area contributed by atoms with Crippen molar-refractivity contribution in [3.8, 4) is 0 Å². The van der Waals surface area contributed by atoms with Crippen molar-refractivity contribution >= 4 is 11.6 Å². The van der Waals surface area contributed by atoms with Gasteiger partial charge in [-0.3, -0.25) is 0 Å². The quantitative estimate of drug-likeness (QED) is 0.636. The Morgan fingerprint density at radius 1 is 1.20 bits per heavy atom. The van der Waals surface area contributed by atoms with Gasteiger partial charge in [0, 0.05) is 0 Å². The molecule has 0 radical (unpaired) electrons. The van der Waals surface area contributed by atoms with Gasteiger partial charge in [0.05, 0.1) is 10.5 Å². The van der Waals surface area contributed by atoms with Gasteiger partial charge in [-0.1, -0.05) is 13.8 Å². The van der Waals surface area contributed by atoms with Crippen molar-refractivity contribution < 1.29 is 5.11 Å². The van der Waals surface area contributed by atoms with Crippen LogP contribution in [0.4, 0.5) is 0 Å². The number of alkyl halides is 1. The first kappa shape index (κ1) is 10.2. The summed E-state index contributed by atoms with van der Waals surface area (Å²) >= 11 is 6.06. The van der Waals surface area contributed by atoms with Gasteiger partial charge in [0.1, 0.15) is 0 Å². The second-order valence-corrected chi connectivity index (χ2v) is 4.01. The molecule has 0 aromatic carbocycles. The van der Waals surface area contributed by atoms with E-state index in [4.69, 9.17) is 11.6 Å². The van der Waals surface area contributed by atoms with Crippen LogP contribution in [0.3, 0.4) is 0 Å². The number of hydrogen-bond acceptors (Lipinski definition) is 1. The third-order valence-electron chi connectivity index (χ3n) is 2.48. The second-order valence-electron chi connectivity index (χ2n) is 3.18. The predicted octanol–water partition coefficient (Wildman–Crippen LogP) is 2.55. The van der Waals surface area contributed by atoms with E-state index in [0.717, 1.165) is 6.42 Å². The Morgan fingerprint density at radius 2 is 1.60 bits per heavy atom. The lowest BCUT2D eigenvalue weighted by molar-refractivity contribution is 0.0153.